The molecule has 4 rings (SSSR count). The average Bonchev–Trinajstić information content (AvgIpc) is 3.15. The van der Waals surface area contributed by atoms with E-state index in [1.807, 2.05) is 6.92 Å². The summed E-state index contributed by atoms with van der Waals surface area (Å²) in [6, 6.07) is 7.65. The summed E-state index contributed by atoms with van der Waals surface area (Å²) in [5.74, 6) is -0.325. The summed E-state index contributed by atoms with van der Waals surface area (Å²) in [7, 11) is 0. The van der Waals surface area contributed by atoms with Gasteiger partial charge in [0.1, 0.15) is 18.2 Å². The molecule has 3 atom stereocenters. The summed E-state index contributed by atoms with van der Waals surface area (Å²) in [5.41, 5.74) is -1.15. The second kappa shape index (κ2) is 8.61. The van der Waals surface area contributed by atoms with E-state index >= 15 is 0 Å². The fraction of sp³-hybridized carbons (Fsp3) is 0.458. The first-order chi connectivity index (χ1) is 15.5. The van der Waals surface area contributed by atoms with E-state index in [-0.39, 0.29) is 53.8 Å². The van der Waals surface area contributed by atoms with E-state index in [1.165, 1.54) is 29.1 Å². The number of halogens is 4. The summed E-state index contributed by atoms with van der Waals surface area (Å²) in [5, 5.41) is 14.6. The van der Waals surface area contributed by atoms with Crippen LogP contribution in [0.15, 0.2) is 42.7 Å². The van der Waals surface area contributed by atoms with Crippen LogP contribution in [0.25, 0.3) is 11.0 Å². The highest BCUT2D eigenvalue weighted by Crippen LogP contribution is 2.39. The summed E-state index contributed by atoms with van der Waals surface area (Å²) in [6.45, 7) is 5.56. The number of alkyl halides is 3. The monoisotopic (exact) mass is 465 g/mol. The topological polar surface area (TPSA) is 59.3 Å². The lowest BCUT2D eigenvalue weighted by Crippen LogP contribution is -2.53. The number of hydrogen-bond acceptors (Lipinski definition) is 4. The van der Waals surface area contributed by atoms with E-state index in [9.17, 15) is 22.7 Å². The van der Waals surface area contributed by atoms with Gasteiger partial charge in [-0.05, 0) is 57.4 Å². The zero-order chi connectivity index (χ0) is 24.0. The van der Waals surface area contributed by atoms with Crippen LogP contribution in [-0.4, -0.2) is 33.3 Å². The maximum Gasteiger partial charge on any atom is 0.418 e. The number of nitrogens with one attached hydrogen (secondary N) is 1. The van der Waals surface area contributed by atoms with Crippen molar-refractivity contribution < 1.29 is 27.4 Å². The van der Waals surface area contributed by atoms with Gasteiger partial charge in [0.2, 0.25) is 0 Å². The van der Waals surface area contributed by atoms with Gasteiger partial charge in [-0.15, -0.1) is 0 Å². The van der Waals surface area contributed by atoms with Gasteiger partial charge in [0.15, 0.2) is 0 Å². The van der Waals surface area contributed by atoms with Crippen LogP contribution in [0.1, 0.15) is 50.8 Å². The second-order valence-electron chi connectivity index (χ2n) is 9.10. The fourth-order valence-electron chi connectivity index (χ4n) is 4.65. The quantitative estimate of drug-likeness (QED) is 0.510. The van der Waals surface area contributed by atoms with Crippen molar-refractivity contribution in [3.8, 4) is 5.75 Å². The number of hydrogen-bond donors (Lipinski definition) is 2. The van der Waals surface area contributed by atoms with Gasteiger partial charge >= 0.3 is 6.18 Å². The van der Waals surface area contributed by atoms with Gasteiger partial charge < -0.3 is 19.7 Å². The number of nitrogens with zero attached hydrogens (tertiary/aromatic N) is 2. The molecule has 1 aliphatic heterocycles. The maximum absolute atomic E-state index is 13.8. The number of fused-ring (bicyclic) bond motifs is 1. The molecular weight excluding hydrogens is 438 g/mol. The molecule has 0 saturated carbocycles. The van der Waals surface area contributed by atoms with Crippen LogP contribution in [0.5, 0.6) is 5.75 Å². The highest BCUT2D eigenvalue weighted by molar-refractivity contribution is 5.81. The molecule has 0 amide bonds. The summed E-state index contributed by atoms with van der Waals surface area (Å²) in [6.07, 6.45) is -2.46. The molecule has 0 unspecified atom stereocenters. The third-order valence-corrected chi connectivity index (χ3v) is 6.09. The molecule has 1 aromatic heterocycles. The molecular formula is C24H27F4N3O2. The molecule has 2 aromatic carbocycles. The van der Waals surface area contributed by atoms with Gasteiger partial charge in [-0.25, -0.2) is 9.37 Å². The lowest BCUT2D eigenvalue weighted by atomic mass is 9.79. The number of aliphatic hydroxyl groups is 1. The van der Waals surface area contributed by atoms with Gasteiger partial charge in [0, 0.05) is 24.2 Å². The van der Waals surface area contributed by atoms with Crippen molar-refractivity contribution in [3.05, 3.63) is 59.7 Å². The Morgan fingerprint density at radius 3 is 2.55 bits per heavy atom. The molecule has 1 saturated heterocycles. The molecule has 5 nitrogen and oxygen atoms in total. The van der Waals surface area contributed by atoms with Crippen LogP contribution in [-0.2, 0) is 11.8 Å². The highest BCUT2D eigenvalue weighted by Gasteiger charge is 2.39. The lowest BCUT2D eigenvalue weighted by Gasteiger charge is -2.41. The summed E-state index contributed by atoms with van der Waals surface area (Å²) < 4.78 is 62.0. The third kappa shape index (κ3) is 4.84. The van der Waals surface area contributed by atoms with Gasteiger partial charge in [0.05, 0.1) is 28.5 Å². The Bertz CT molecular complexity index is 1130. The molecule has 0 radical (unpaired) electrons. The predicted octanol–water partition coefficient (Wildman–Crippen LogP) is 5.18. The van der Waals surface area contributed by atoms with Crippen molar-refractivity contribution in [2.45, 2.75) is 63.5 Å². The Morgan fingerprint density at radius 1 is 1.21 bits per heavy atom. The fourth-order valence-corrected chi connectivity index (χ4v) is 4.65. The van der Waals surface area contributed by atoms with Crippen molar-refractivity contribution in [1.82, 2.24) is 14.9 Å². The normalized spacial score (nSPS) is 23.9. The minimum Gasteiger partial charge on any atom is -0.492 e. The third-order valence-electron chi connectivity index (χ3n) is 6.09. The Morgan fingerprint density at radius 2 is 1.91 bits per heavy atom. The number of ether oxygens (including phenoxy) is 1. The molecule has 2 N–H and O–H groups in total. The predicted molar refractivity (Wildman–Crippen MR) is 117 cm³/mol. The van der Waals surface area contributed by atoms with Crippen molar-refractivity contribution >= 4 is 11.0 Å². The number of aromatic nitrogens is 2. The lowest BCUT2D eigenvalue weighted by molar-refractivity contribution is -0.136. The van der Waals surface area contributed by atoms with Crippen molar-refractivity contribution in [1.29, 1.82) is 0 Å². The van der Waals surface area contributed by atoms with E-state index in [1.54, 1.807) is 26.0 Å². The molecule has 9 heteroatoms. The Kier molecular flexibility index (Phi) is 6.13. The minimum absolute atomic E-state index is 0.0277. The first-order valence-corrected chi connectivity index (χ1v) is 10.9. The first-order valence-electron chi connectivity index (χ1n) is 10.9. The maximum atomic E-state index is 13.8. The average molecular weight is 465 g/mol. The molecule has 33 heavy (non-hydrogen) atoms. The standard InChI is InChI=1S/C24H27F4N3O2/c1-14(2)31-13-29-21-9-19(8-20(22(21)31)24(26,27)28)33-12-18-11-23(32,10-15(3)30-18)16-4-6-17(25)7-5-16/h4-9,13-15,18,30,32H,10-12H2,1-3H3/t15-,18-,23-/m0/s1. The SMILES string of the molecule is CC(C)n1cnc2cc(OC[C@@H]3C[C@](O)(c4ccc(F)cc4)C[C@H](C)N3)cc(C(F)(F)F)c21. The van der Waals surface area contributed by atoms with Gasteiger partial charge in [-0.1, -0.05) is 12.1 Å². The summed E-state index contributed by atoms with van der Waals surface area (Å²) in [4.78, 5) is 4.15. The number of benzene rings is 2. The van der Waals surface area contributed by atoms with Crippen LogP contribution >= 0.6 is 0 Å². The molecule has 0 aliphatic carbocycles. The zero-order valence-corrected chi connectivity index (χ0v) is 18.7. The number of rotatable bonds is 5. The molecule has 0 bridgehead atoms. The Labute approximate surface area is 189 Å². The van der Waals surface area contributed by atoms with E-state index in [0.717, 1.165) is 6.07 Å². The highest BCUT2D eigenvalue weighted by atomic mass is 19.4. The largest absolute Gasteiger partial charge is 0.492 e. The van der Waals surface area contributed by atoms with Crippen LogP contribution in [0.2, 0.25) is 0 Å². The van der Waals surface area contributed by atoms with Crippen LogP contribution in [0.3, 0.4) is 0 Å². The molecule has 178 valence electrons. The zero-order valence-electron chi connectivity index (χ0n) is 18.7. The van der Waals surface area contributed by atoms with E-state index < -0.39 is 17.3 Å². The molecule has 1 aliphatic rings. The molecule has 0 spiro atoms. The molecule has 2 heterocycles. The van der Waals surface area contributed by atoms with Gasteiger partial charge in [-0.2, -0.15) is 13.2 Å². The molecule has 1 fully saturated rings. The van der Waals surface area contributed by atoms with Crippen LogP contribution in [0, 0.1) is 5.82 Å². The van der Waals surface area contributed by atoms with Crippen LogP contribution < -0.4 is 10.1 Å². The number of imidazole rings is 1. The molecule has 3 aromatic rings. The van der Waals surface area contributed by atoms with Crippen molar-refractivity contribution in [2.75, 3.05) is 6.61 Å². The van der Waals surface area contributed by atoms with E-state index in [0.29, 0.717) is 12.0 Å². The van der Waals surface area contributed by atoms with Crippen molar-refractivity contribution in [2.24, 2.45) is 0 Å². The van der Waals surface area contributed by atoms with Crippen molar-refractivity contribution in [3.63, 3.8) is 0 Å². The van der Waals surface area contributed by atoms with Gasteiger partial charge in [-0.3, -0.25) is 0 Å². The number of piperidine rings is 1. The van der Waals surface area contributed by atoms with Crippen LogP contribution in [0.4, 0.5) is 17.6 Å². The van der Waals surface area contributed by atoms with E-state index in [2.05, 4.69) is 10.3 Å². The second-order valence-corrected chi connectivity index (χ2v) is 9.10. The van der Waals surface area contributed by atoms with Gasteiger partial charge in [0.25, 0.3) is 0 Å². The Balaban J connectivity index is 1.57. The minimum atomic E-state index is -4.56. The van der Waals surface area contributed by atoms with E-state index in [4.69, 9.17) is 4.74 Å². The Hall–Kier alpha value is -2.65. The summed E-state index contributed by atoms with van der Waals surface area (Å²) >= 11 is 0. The first kappa shape index (κ1) is 23.5. The smallest absolute Gasteiger partial charge is 0.418 e.